The van der Waals surface area contributed by atoms with E-state index in [1.54, 1.807) is 0 Å². The zero-order valence-electron chi connectivity index (χ0n) is 9.10. The van der Waals surface area contributed by atoms with Gasteiger partial charge in [-0.15, -0.1) is 0 Å². The van der Waals surface area contributed by atoms with Crippen LogP contribution in [0.25, 0.3) is 0 Å². The number of phenolic OH excluding ortho intramolecular Hbond substituents is 1. The minimum absolute atomic E-state index is 0.211. The number of hydrogen-bond donors (Lipinski definition) is 2. The maximum atomic E-state index is 13.4. The molecule has 82 valence electrons. The quantitative estimate of drug-likeness (QED) is 0.744. The highest BCUT2D eigenvalue weighted by molar-refractivity contribution is 5.42. The van der Waals surface area contributed by atoms with E-state index < -0.39 is 5.82 Å². The molecule has 1 aliphatic heterocycles. The van der Waals surface area contributed by atoms with Crippen molar-refractivity contribution >= 4 is 0 Å². The molecule has 1 heterocycles. The van der Waals surface area contributed by atoms with Gasteiger partial charge in [-0.2, -0.15) is 0 Å². The molecule has 2 nitrogen and oxygen atoms in total. The van der Waals surface area contributed by atoms with Gasteiger partial charge in [-0.1, -0.05) is 6.07 Å². The highest BCUT2D eigenvalue weighted by Gasteiger charge is 2.33. The van der Waals surface area contributed by atoms with Crippen LogP contribution in [-0.2, 0) is 5.54 Å². The average Bonchev–Trinajstić information content (AvgIpc) is 2.59. The fourth-order valence-corrected chi connectivity index (χ4v) is 2.28. The fourth-order valence-electron chi connectivity index (χ4n) is 2.28. The number of phenols is 1. The van der Waals surface area contributed by atoms with E-state index in [2.05, 4.69) is 5.32 Å². The van der Waals surface area contributed by atoms with Crippen molar-refractivity contribution in [2.24, 2.45) is 0 Å². The van der Waals surface area contributed by atoms with Crippen molar-refractivity contribution in [3.05, 3.63) is 29.1 Å². The van der Waals surface area contributed by atoms with Gasteiger partial charge in [0, 0.05) is 11.1 Å². The van der Waals surface area contributed by atoms with Gasteiger partial charge >= 0.3 is 0 Å². The molecule has 1 aromatic carbocycles. The van der Waals surface area contributed by atoms with Crippen molar-refractivity contribution in [2.75, 3.05) is 6.54 Å². The second-order valence-electron chi connectivity index (χ2n) is 4.51. The standard InChI is InChI=1S/C12H16FNO/c1-8-6-9(11(15)10(13)7-8)12(2)4-3-5-14-12/h6-7,14-15H,3-5H2,1-2H3. The van der Waals surface area contributed by atoms with E-state index in [1.807, 2.05) is 19.9 Å². The molecule has 15 heavy (non-hydrogen) atoms. The molecule has 0 amide bonds. The van der Waals surface area contributed by atoms with Gasteiger partial charge in [0.1, 0.15) is 0 Å². The molecule has 1 aromatic rings. The predicted octanol–water partition coefficient (Wildman–Crippen LogP) is 2.44. The van der Waals surface area contributed by atoms with Crippen LogP contribution in [0, 0.1) is 12.7 Å². The smallest absolute Gasteiger partial charge is 0.165 e. The van der Waals surface area contributed by atoms with Crippen LogP contribution < -0.4 is 5.32 Å². The minimum atomic E-state index is -0.528. The van der Waals surface area contributed by atoms with Gasteiger partial charge in [0.2, 0.25) is 0 Å². The third kappa shape index (κ3) is 1.72. The molecule has 1 fully saturated rings. The van der Waals surface area contributed by atoms with Gasteiger partial charge in [-0.05, 0) is 44.9 Å². The lowest BCUT2D eigenvalue weighted by molar-refractivity contribution is 0.375. The molecule has 1 unspecified atom stereocenters. The van der Waals surface area contributed by atoms with Gasteiger partial charge in [0.15, 0.2) is 11.6 Å². The molecular weight excluding hydrogens is 193 g/mol. The first-order valence-corrected chi connectivity index (χ1v) is 5.27. The summed E-state index contributed by atoms with van der Waals surface area (Å²) in [4.78, 5) is 0. The second-order valence-corrected chi connectivity index (χ2v) is 4.51. The first kappa shape index (κ1) is 10.4. The number of halogens is 1. The summed E-state index contributed by atoms with van der Waals surface area (Å²) in [6.45, 7) is 4.77. The summed E-state index contributed by atoms with van der Waals surface area (Å²) < 4.78 is 13.4. The SMILES string of the molecule is Cc1cc(F)c(O)c(C2(C)CCCN2)c1. The normalized spacial score (nSPS) is 25.8. The van der Waals surface area contributed by atoms with Crippen molar-refractivity contribution in [3.8, 4) is 5.75 Å². The van der Waals surface area contributed by atoms with E-state index in [1.165, 1.54) is 6.07 Å². The third-order valence-electron chi connectivity index (χ3n) is 3.17. The molecular formula is C12H16FNO. The highest BCUT2D eigenvalue weighted by Crippen LogP contribution is 2.37. The van der Waals surface area contributed by atoms with Crippen LogP contribution >= 0.6 is 0 Å². The number of hydrogen-bond acceptors (Lipinski definition) is 2. The molecule has 0 aliphatic carbocycles. The Bertz CT molecular complexity index is 383. The summed E-state index contributed by atoms with van der Waals surface area (Å²) in [7, 11) is 0. The zero-order chi connectivity index (χ0) is 11.1. The minimum Gasteiger partial charge on any atom is -0.505 e. The van der Waals surface area contributed by atoms with E-state index in [4.69, 9.17) is 0 Å². The Labute approximate surface area is 89.1 Å². The van der Waals surface area contributed by atoms with Gasteiger partial charge in [-0.3, -0.25) is 0 Å². The van der Waals surface area contributed by atoms with E-state index in [9.17, 15) is 9.50 Å². The summed E-state index contributed by atoms with van der Waals surface area (Å²) in [6.07, 6.45) is 1.99. The maximum Gasteiger partial charge on any atom is 0.165 e. The lowest BCUT2D eigenvalue weighted by Gasteiger charge is -2.26. The van der Waals surface area contributed by atoms with Gasteiger partial charge in [0.25, 0.3) is 0 Å². The molecule has 3 heteroatoms. The first-order chi connectivity index (χ1) is 7.03. The number of aryl methyl sites for hydroxylation is 1. The number of rotatable bonds is 1. The molecule has 0 saturated carbocycles. The Hall–Kier alpha value is -1.09. The summed E-state index contributed by atoms with van der Waals surface area (Å²) >= 11 is 0. The van der Waals surface area contributed by atoms with Crippen LogP contribution in [0.15, 0.2) is 12.1 Å². The molecule has 0 bridgehead atoms. The molecule has 1 atom stereocenters. The van der Waals surface area contributed by atoms with Gasteiger partial charge in [0.05, 0.1) is 0 Å². The van der Waals surface area contributed by atoms with Crippen molar-refractivity contribution in [2.45, 2.75) is 32.2 Å². The molecule has 0 spiro atoms. The largest absolute Gasteiger partial charge is 0.505 e. The summed E-state index contributed by atoms with van der Waals surface area (Å²) in [5, 5.41) is 13.1. The van der Waals surface area contributed by atoms with Crippen LogP contribution in [0.3, 0.4) is 0 Å². The topological polar surface area (TPSA) is 32.3 Å². The van der Waals surface area contributed by atoms with E-state index in [-0.39, 0.29) is 11.3 Å². The van der Waals surface area contributed by atoms with Crippen LogP contribution in [-0.4, -0.2) is 11.7 Å². The molecule has 1 aliphatic rings. The van der Waals surface area contributed by atoms with Crippen LogP contribution in [0.1, 0.15) is 30.9 Å². The predicted molar refractivity (Wildman–Crippen MR) is 57.4 cm³/mol. The van der Waals surface area contributed by atoms with Crippen LogP contribution in [0.2, 0.25) is 0 Å². The first-order valence-electron chi connectivity index (χ1n) is 5.27. The number of benzene rings is 1. The maximum absolute atomic E-state index is 13.4. The fraction of sp³-hybridized carbons (Fsp3) is 0.500. The number of nitrogens with one attached hydrogen (secondary N) is 1. The van der Waals surface area contributed by atoms with Crippen molar-refractivity contribution in [1.82, 2.24) is 5.32 Å². The van der Waals surface area contributed by atoms with Gasteiger partial charge in [-0.25, -0.2) is 4.39 Å². The lowest BCUT2D eigenvalue weighted by Crippen LogP contribution is -2.33. The average molecular weight is 209 g/mol. The van der Waals surface area contributed by atoms with Crippen LogP contribution in [0.5, 0.6) is 5.75 Å². The second kappa shape index (κ2) is 3.49. The lowest BCUT2D eigenvalue weighted by atomic mass is 9.88. The van der Waals surface area contributed by atoms with Crippen molar-refractivity contribution in [3.63, 3.8) is 0 Å². The Morgan fingerprint density at radius 2 is 2.20 bits per heavy atom. The Morgan fingerprint density at radius 1 is 1.47 bits per heavy atom. The zero-order valence-corrected chi connectivity index (χ0v) is 9.10. The van der Waals surface area contributed by atoms with E-state index in [0.29, 0.717) is 5.56 Å². The molecule has 0 aromatic heterocycles. The highest BCUT2D eigenvalue weighted by atomic mass is 19.1. The summed E-state index contributed by atoms with van der Waals surface area (Å²) in [6, 6.07) is 3.22. The van der Waals surface area contributed by atoms with Crippen molar-refractivity contribution < 1.29 is 9.50 Å². The Kier molecular flexibility index (Phi) is 2.43. The summed E-state index contributed by atoms with van der Waals surface area (Å²) in [5.41, 5.74) is 1.24. The molecule has 2 N–H and O–H groups in total. The van der Waals surface area contributed by atoms with E-state index in [0.717, 1.165) is 24.9 Å². The van der Waals surface area contributed by atoms with Crippen LogP contribution in [0.4, 0.5) is 4.39 Å². The van der Waals surface area contributed by atoms with Crippen molar-refractivity contribution in [1.29, 1.82) is 0 Å². The Morgan fingerprint density at radius 3 is 2.80 bits per heavy atom. The summed E-state index contributed by atoms with van der Waals surface area (Å²) in [5.74, 6) is -0.738. The number of aromatic hydroxyl groups is 1. The molecule has 1 saturated heterocycles. The molecule has 0 radical (unpaired) electrons. The third-order valence-corrected chi connectivity index (χ3v) is 3.17. The monoisotopic (exact) mass is 209 g/mol. The van der Waals surface area contributed by atoms with E-state index >= 15 is 0 Å². The van der Waals surface area contributed by atoms with Gasteiger partial charge < -0.3 is 10.4 Å². The Balaban J connectivity index is 2.51. The molecule has 2 rings (SSSR count).